The first kappa shape index (κ1) is 14.2. The SMILES string of the molecule is Cc1cc(C(=O)NCCN2CCOCC2)nc(Cl)n1. The first-order chi connectivity index (χ1) is 9.15. The van der Waals surface area contributed by atoms with Gasteiger partial charge in [-0.15, -0.1) is 0 Å². The molecule has 1 aromatic heterocycles. The molecule has 0 bridgehead atoms. The largest absolute Gasteiger partial charge is 0.379 e. The van der Waals surface area contributed by atoms with Gasteiger partial charge >= 0.3 is 0 Å². The highest BCUT2D eigenvalue weighted by Gasteiger charge is 2.12. The number of carbonyl (C=O) groups is 1. The summed E-state index contributed by atoms with van der Waals surface area (Å²) < 4.78 is 5.26. The van der Waals surface area contributed by atoms with Gasteiger partial charge in [-0.05, 0) is 24.6 Å². The number of ether oxygens (including phenoxy) is 1. The van der Waals surface area contributed by atoms with Gasteiger partial charge in [0.05, 0.1) is 13.2 Å². The van der Waals surface area contributed by atoms with Gasteiger partial charge < -0.3 is 10.1 Å². The van der Waals surface area contributed by atoms with Crippen LogP contribution in [0, 0.1) is 6.92 Å². The fourth-order valence-corrected chi connectivity index (χ4v) is 2.12. The van der Waals surface area contributed by atoms with Crippen LogP contribution in [0.4, 0.5) is 0 Å². The predicted molar refractivity (Wildman–Crippen MR) is 71.4 cm³/mol. The number of halogens is 1. The summed E-state index contributed by atoms with van der Waals surface area (Å²) in [5, 5.41) is 2.93. The topological polar surface area (TPSA) is 67.4 Å². The van der Waals surface area contributed by atoms with Crippen LogP contribution in [0.1, 0.15) is 16.2 Å². The highest BCUT2D eigenvalue weighted by molar-refractivity contribution is 6.28. The van der Waals surface area contributed by atoms with E-state index in [-0.39, 0.29) is 11.2 Å². The lowest BCUT2D eigenvalue weighted by Crippen LogP contribution is -2.41. The standard InChI is InChI=1S/C12H17ClN4O2/c1-9-8-10(16-12(13)15-9)11(18)14-2-3-17-4-6-19-7-5-17/h8H,2-7H2,1H3,(H,14,18). The molecule has 2 heterocycles. The van der Waals surface area contributed by atoms with Gasteiger partial charge in [-0.1, -0.05) is 0 Å². The molecule has 0 radical (unpaired) electrons. The lowest BCUT2D eigenvalue weighted by Gasteiger charge is -2.26. The number of rotatable bonds is 4. The zero-order valence-electron chi connectivity index (χ0n) is 10.9. The highest BCUT2D eigenvalue weighted by atomic mass is 35.5. The molecule has 0 aromatic carbocycles. The Morgan fingerprint density at radius 3 is 2.89 bits per heavy atom. The van der Waals surface area contributed by atoms with E-state index in [2.05, 4.69) is 20.2 Å². The minimum absolute atomic E-state index is 0.0957. The molecule has 1 saturated heterocycles. The van der Waals surface area contributed by atoms with Crippen molar-refractivity contribution in [1.29, 1.82) is 0 Å². The smallest absolute Gasteiger partial charge is 0.270 e. The Kier molecular flexibility index (Phi) is 5.07. The molecular weight excluding hydrogens is 268 g/mol. The maximum atomic E-state index is 11.9. The molecule has 0 spiro atoms. The number of aromatic nitrogens is 2. The first-order valence-electron chi connectivity index (χ1n) is 6.24. The zero-order valence-corrected chi connectivity index (χ0v) is 11.6. The second-order valence-electron chi connectivity index (χ2n) is 4.37. The maximum absolute atomic E-state index is 11.9. The van der Waals surface area contributed by atoms with E-state index in [0.717, 1.165) is 32.8 Å². The molecule has 0 unspecified atom stereocenters. The molecule has 1 aromatic rings. The van der Waals surface area contributed by atoms with Crippen LogP contribution in [-0.2, 0) is 4.74 Å². The van der Waals surface area contributed by atoms with E-state index in [0.29, 0.717) is 17.9 Å². The molecule has 19 heavy (non-hydrogen) atoms. The third kappa shape index (κ3) is 4.41. The molecule has 7 heteroatoms. The summed E-state index contributed by atoms with van der Waals surface area (Å²) in [6.45, 7) is 6.51. The predicted octanol–water partition coefficient (Wildman–Crippen LogP) is 0.500. The number of carbonyl (C=O) groups excluding carboxylic acids is 1. The number of hydrogen-bond donors (Lipinski definition) is 1. The van der Waals surface area contributed by atoms with E-state index in [1.807, 2.05) is 0 Å². The van der Waals surface area contributed by atoms with Gasteiger partial charge in [0.25, 0.3) is 5.91 Å². The zero-order chi connectivity index (χ0) is 13.7. The lowest BCUT2D eigenvalue weighted by molar-refractivity contribution is 0.0383. The molecule has 104 valence electrons. The summed E-state index contributed by atoms with van der Waals surface area (Å²) in [5.74, 6) is -0.222. The minimum atomic E-state index is -0.222. The van der Waals surface area contributed by atoms with Crippen LogP contribution >= 0.6 is 11.6 Å². The maximum Gasteiger partial charge on any atom is 0.270 e. The van der Waals surface area contributed by atoms with Crippen LogP contribution in [0.3, 0.4) is 0 Å². The van der Waals surface area contributed by atoms with E-state index < -0.39 is 0 Å². The molecule has 1 amide bonds. The summed E-state index contributed by atoms with van der Waals surface area (Å²) >= 11 is 5.73. The highest BCUT2D eigenvalue weighted by Crippen LogP contribution is 2.05. The number of nitrogens with zero attached hydrogens (tertiary/aromatic N) is 3. The number of morpholine rings is 1. The fraction of sp³-hybridized carbons (Fsp3) is 0.583. The van der Waals surface area contributed by atoms with Crippen molar-refractivity contribution in [2.45, 2.75) is 6.92 Å². The van der Waals surface area contributed by atoms with Crippen molar-refractivity contribution >= 4 is 17.5 Å². The van der Waals surface area contributed by atoms with Crippen LogP contribution in [0.15, 0.2) is 6.07 Å². The van der Waals surface area contributed by atoms with Crippen LogP contribution in [-0.4, -0.2) is 60.2 Å². The molecule has 0 aliphatic carbocycles. The van der Waals surface area contributed by atoms with Gasteiger partial charge in [-0.25, -0.2) is 9.97 Å². The van der Waals surface area contributed by atoms with Crippen molar-refractivity contribution < 1.29 is 9.53 Å². The average Bonchev–Trinajstić information content (AvgIpc) is 2.38. The van der Waals surface area contributed by atoms with Crippen LogP contribution in [0.5, 0.6) is 0 Å². The monoisotopic (exact) mass is 284 g/mol. The quantitative estimate of drug-likeness (QED) is 0.816. The molecule has 1 aliphatic heterocycles. The first-order valence-corrected chi connectivity index (χ1v) is 6.62. The molecule has 1 fully saturated rings. The summed E-state index contributed by atoms with van der Waals surface area (Å²) in [4.78, 5) is 22.0. The molecule has 2 rings (SSSR count). The summed E-state index contributed by atoms with van der Waals surface area (Å²) in [6, 6.07) is 1.62. The van der Waals surface area contributed by atoms with Crippen molar-refractivity contribution in [3.05, 3.63) is 22.7 Å². The van der Waals surface area contributed by atoms with Gasteiger partial charge in [0.1, 0.15) is 5.69 Å². The molecular formula is C12H17ClN4O2. The summed E-state index contributed by atoms with van der Waals surface area (Å²) in [7, 11) is 0. The van der Waals surface area contributed by atoms with Gasteiger partial charge in [0, 0.05) is 31.9 Å². The second kappa shape index (κ2) is 6.79. The van der Waals surface area contributed by atoms with Crippen molar-refractivity contribution in [3.8, 4) is 0 Å². The normalized spacial score (nSPS) is 16.3. The van der Waals surface area contributed by atoms with E-state index in [1.54, 1.807) is 13.0 Å². The third-order valence-corrected chi connectivity index (χ3v) is 3.05. The minimum Gasteiger partial charge on any atom is -0.379 e. The number of aryl methyl sites for hydroxylation is 1. The third-order valence-electron chi connectivity index (χ3n) is 2.88. The summed E-state index contributed by atoms with van der Waals surface area (Å²) in [6.07, 6.45) is 0. The molecule has 1 N–H and O–H groups in total. The van der Waals surface area contributed by atoms with Crippen molar-refractivity contribution in [3.63, 3.8) is 0 Å². The lowest BCUT2D eigenvalue weighted by atomic mass is 10.3. The summed E-state index contributed by atoms with van der Waals surface area (Å²) in [5.41, 5.74) is 0.984. The van der Waals surface area contributed by atoms with Gasteiger partial charge in [0.15, 0.2) is 0 Å². The van der Waals surface area contributed by atoms with E-state index in [1.165, 1.54) is 0 Å². The molecule has 0 saturated carbocycles. The fourth-order valence-electron chi connectivity index (χ4n) is 1.89. The Labute approximate surface area is 117 Å². The van der Waals surface area contributed by atoms with Crippen molar-refractivity contribution in [2.75, 3.05) is 39.4 Å². The molecule has 6 nitrogen and oxygen atoms in total. The van der Waals surface area contributed by atoms with E-state index in [9.17, 15) is 4.79 Å². The average molecular weight is 285 g/mol. The number of nitrogens with one attached hydrogen (secondary N) is 1. The Hall–Kier alpha value is -1.24. The van der Waals surface area contributed by atoms with Crippen LogP contribution < -0.4 is 5.32 Å². The van der Waals surface area contributed by atoms with Gasteiger partial charge in [-0.3, -0.25) is 9.69 Å². The second-order valence-corrected chi connectivity index (χ2v) is 4.71. The molecule has 1 aliphatic rings. The van der Waals surface area contributed by atoms with E-state index >= 15 is 0 Å². The van der Waals surface area contributed by atoms with E-state index in [4.69, 9.17) is 16.3 Å². The van der Waals surface area contributed by atoms with Crippen molar-refractivity contribution in [2.24, 2.45) is 0 Å². The van der Waals surface area contributed by atoms with Gasteiger partial charge in [-0.2, -0.15) is 0 Å². The van der Waals surface area contributed by atoms with Crippen LogP contribution in [0.2, 0.25) is 5.28 Å². The Morgan fingerprint density at radius 1 is 1.47 bits per heavy atom. The van der Waals surface area contributed by atoms with Crippen LogP contribution in [0.25, 0.3) is 0 Å². The Balaban J connectivity index is 1.80. The molecule has 0 atom stereocenters. The number of amides is 1. The Bertz CT molecular complexity index is 429. The van der Waals surface area contributed by atoms with Gasteiger partial charge in [0.2, 0.25) is 5.28 Å². The number of hydrogen-bond acceptors (Lipinski definition) is 5. The Morgan fingerprint density at radius 2 is 2.21 bits per heavy atom. The van der Waals surface area contributed by atoms with Crippen molar-refractivity contribution in [1.82, 2.24) is 20.2 Å².